The Hall–Kier alpha value is -3.45. The molecule has 7 heteroatoms. The van der Waals surface area contributed by atoms with E-state index in [0.717, 1.165) is 16.9 Å². The lowest BCUT2D eigenvalue weighted by Gasteiger charge is -2.12. The van der Waals surface area contributed by atoms with Crippen molar-refractivity contribution in [3.63, 3.8) is 0 Å². The van der Waals surface area contributed by atoms with Crippen LogP contribution in [0.15, 0.2) is 83.0 Å². The second kappa shape index (κ2) is 7.42. The first kappa shape index (κ1) is 18.6. The molecule has 0 aliphatic carbocycles. The first-order valence-corrected chi connectivity index (χ1v) is 10.4. The van der Waals surface area contributed by atoms with Gasteiger partial charge in [-0.05, 0) is 55.0 Å². The molecule has 0 radical (unpaired) electrons. The summed E-state index contributed by atoms with van der Waals surface area (Å²) in [7, 11) is 0. The summed E-state index contributed by atoms with van der Waals surface area (Å²) in [5.41, 5.74) is 3.93. The minimum Gasteiger partial charge on any atom is -0.307 e. The number of halogens is 1. The van der Waals surface area contributed by atoms with Crippen LogP contribution < -0.4 is 5.56 Å². The van der Waals surface area contributed by atoms with Crippen LogP contribution >= 0.6 is 11.8 Å². The first-order valence-electron chi connectivity index (χ1n) is 9.44. The molecule has 0 aliphatic rings. The molecule has 0 fully saturated rings. The molecule has 5 nitrogen and oxygen atoms in total. The topological polar surface area (TPSA) is 52.2 Å². The number of aromatic nitrogens is 4. The van der Waals surface area contributed by atoms with Gasteiger partial charge in [-0.2, -0.15) is 0 Å². The zero-order chi connectivity index (χ0) is 20.7. The molecule has 2 aromatic carbocycles. The number of imidazole rings is 1. The normalized spacial score (nSPS) is 11.4. The molecule has 0 saturated heterocycles. The Kier molecular flexibility index (Phi) is 4.59. The molecule has 0 spiro atoms. The third kappa shape index (κ3) is 3.27. The maximum absolute atomic E-state index is 13.4. The maximum Gasteiger partial charge on any atom is 0.266 e. The van der Waals surface area contributed by atoms with Gasteiger partial charge in [-0.3, -0.25) is 9.36 Å². The number of rotatable bonds is 4. The standard InChI is InChI=1S/C23H17FN4OS/c1-15-5-4-12-27-13-17(25-21(15)27)14-30-23-26-20-7-3-2-6-19(20)22(29)28(23)18-10-8-16(24)9-11-18/h2-13H,14H2,1H3. The van der Waals surface area contributed by atoms with E-state index < -0.39 is 0 Å². The van der Waals surface area contributed by atoms with E-state index in [0.29, 0.717) is 27.5 Å². The van der Waals surface area contributed by atoms with Gasteiger partial charge < -0.3 is 4.40 Å². The Morgan fingerprint density at radius 1 is 1.00 bits per heavy atom. The summed E-state index contributed by atoms with van der Waals surface area (Å²) in [5.74, 6) is 0.197. The minimum absolute atomic E-state index is 0.180. The van der Waals surface area contributed by atoms with Gasteiger partial charge in [0.25, 0.3) is 5.56 Å². The molecule has 30 heavy (non-hydrogen) atoms. The van der Waals surface area contributed by atoms with Crippen LogP contribution in [0.3, 0.4) is 0 Å². The second-order valence-corrected chi connectivity index (χ2v) is 7.91. The molecule has 0 aliphatic heterocycles. The predicted molar refractivity (Wildman–Crippen MR) is 117 cm³/mol. The number of hydrogen-bond acceptors (Lipinski definition) is 4. The Morgan fingerprint density at radius 2 is 1.80 bits per heavy atom. The third-order valence-electron chi connectivity index (χ3n) is 4.91. The first-order chi connectivity index (χ1) is 14.6. The fourth-order valence-electron chi connectivity index (χ4n) is 3.44. The molecule has 5 rings (SSSR count). The fraction of sp³-hybridized carbons (Fsp3) is 0.0870. The largest absolute Gasteiger partial charge is 0.307 e. The minimum atomic E-state index is -0.352. The van der Waals surface area contributed by atoms with Crippen molar-refractivity contribution in [3.05, 3.63) is 100 Å². The van der Waals surface area contributed by atoms with Gasteiger partial charge in [0.05, 0.1) is 22.3 Å². The number of pyridine rings is 1. The Labute approximate surface area is 175 Å². The average molecular weight is 416 g/mol. The van der Waals surface area contributed by atoms with Gasteiger partial charge in [-0.15, -0.1) is 0 Å². The van der Waals surface area contributed by atoms with Crippen molar-refractivity contribution in [1.29, 1.82) is 0 Å². The van der Waals surface area contributed by atoms with Gasteiger partial charge in [0.15, 0.2) is 5.16 Å². The summed E-state index contributed by atoms with van der Waals surface area (Å²) < 4.78 is 17.0. The van der Waals surface area contributed by atoms with Crippen molar-refractivity contribution in [3.8, 4) is 5.69 Å². The molecule has 0 saturated carbocycles. The lowest BCUT2D eigenvalue weighted by molar-refractivity contribution is 0.627. The molecular weight excluding hydrogens is 399 g/mol. The van der Waals surface area contributed by atoms with Crippen LogP contribution in [0.1, 0.15) is 11.3 Å². The zero-order valence-corrected chi connectivity index (χ0v) is 16.9. The highest BCUT2D eigenvalue weighted by Gasteiger charge is 2.14. The Bertz CT molecular complexity index is 1440. The fourth-order valence-corrected chi connectivity index (χ4v) is 4.34. The van der Waals surface area contributed by atoms with Crippen LogP contribution in [0.2, 0.25) is 0 Å². The van der Waals surface area contributed by atoms with Crippen molar-refractivity contribution in [1.82, 2.24) is 18.9 Å². The molecule has 0 unspecified atom stereocenters. The van der Waals surface area contributed by atoms with Gasteiger partial charge >= 0.3 is 0 Å². The van der Waals surface area contributed by atoms with Crippen LogP contribution in [-0.4, -0.2) is 18.9 Å². The SMILES string of the molecule is Cc1cccn2cc(CSc3nc4ccccc4c(=O)n3-c3ccc(F)cc3)nc12. The molecule has 0 amide bonds. The molecule has 0 bridgehead atoms. The number of nitrogens with zero attached hydrogens (tertiary/aromatic N) is 4. The summed E-state index contributed by atoms with van der Waals surface area (Å²) in [6, 6.07) is 17.1. The quantitative estimate of drug-likeness (QED) is 0.313. The summed E-state index contributed by atoms with van der Waals surface area (Å²) in [5, 5.41) is 1.06. The number of fused-ring (bicyclic) bond motifs is 2. The van der Waals surface area contributed by atoms with Gasteiger partial charge in [0.2, 0.25) is 0 Å². The average Bonchev–Trinajstić information content (AvgIpc) is 3.18. The van der Waals surface area contributed by atoms with Crippen LogP contribution in [0, 0.1) is 12.7 Å². The third-order valence-corrected chi connectivity index (χ3v) is 5.88. The number of para-hydroxylation sites is 1. The maximum atomic E-state index is 13.4. The smallest absolute Gasteiger partial charge is 0.266 e. The second-order valence-electron chi connectivity index (χ2n) is 6.97. The van der Waals surface area contributed by atoms with E-state index in [4.69, 9.17) is 9.97 Å². The summed E-state index contributed by atoms with van der Waals surface area (Å²) in [6.45, 7) is 2.02. The van der Waals surface area contributed by atoms with E-state index in [9.17, 15) is 9.18 Å². The van der Waals surface area contributed by atoms with Crippen molar-refractivity contribution >= 4 is 28.3 Å². The van der Waals surface area contributed by atoms with Gasteiger partial charge in [-0.1, -0.05) is 30.0 Å². The van der Waals surface area contributed by atoms with Crippen LogP contribution in [-0.2, 0) is 5.75 Å². The highest BCUT2D eigenvalue weighted by molar-refractivity contribution is 7.98. The van der Waals surface area contributed by atoms with E-state index in [1.807, 2.05) is 54.0 Å². The van der Waals surface area contributed by atoms with E-state index >= 15 is 0 Å². The van der Waals surface area contributed by atoms with Crippen LogP contribution in [0.5, 0.6) is 0 Å². The van der Waals surface area contributed by atoms with Gasteiger partial charge in [-0.25, -0.2) is 14.4 Å². The summed E-state index contributed by atoms with van der Waals surface area (Å²) >= 11 is 1.43. The van der Waals surface area contributed by atoms with Crippen molar-refractivity contribution in [2.24, 2.45) is 0 Å². The number of hydrogen-bond donors (Lipinski definition) is 0. The predicted octanol–water partition coefficient (Wildman–Crippen LogP) is 4.77. The Morgan fingerprint density at radius 3 is 2.60 bits per heavy atom. The van der Waals surface area contributed by atoms with E-state index in [1.54, 1.807) is 18.2 Å². The summed E-state index contributed by atoms with van der Waals surface area (Å²) in [6.07, 6.45) is 3.95. The van der Waals surface area contributed by atoms with Gasteiger partial charge in [0, 0.05) is 18.1 Å². The monoisotopic (exact) mass is 416 g/mol. The lowest BCUT2D eigenvalue weighted by Crippen LogP contribution is -2.21. The molecule has 3 aromatic heterocycles. The summed E-state index contributed by atoms with van der Waals surface area (Å²) in [4.78, 5) is 22.7. The lowest BCUT2D eigenvalue weighted by atomic mass is 10.2. The number of thioether (sulfide) groups is 1. The number of benzene rings is 2. The van der Waals surface area contributed by atoms with E-state index in [-0.39, 0.29) is 11.4 Å². The van der Waals surface area contributed by atoms with Crippen molar-refractivity contribution in [2.75, 3.05) is 0 Å². The molecule has 3 heterocycles. The van der Waals surface area contributed by atoms with E-state index in [1.165, 1.54) is 28.5 Å². The molecule has 0 atom stereocenters. The van der Waals surface area contributed by atoms with Gasteiger partial charge in [0.1, 0.15) is 11.5 Å². The zero-order valence-electron chi connectivity index (χ0n) is 16.1. The molecule has 148 valence electrons. The molecular formula is C23H17FN4OS. The Balaban J connectivity index is 1.59. The van der Waals surface area contributed by atoms with Crippen LogP contribution in [0.25, 0.3) is 22.2 Å². The van der Waals surface area contributed by atoms with E-state index in [2.05, 4.69) is 0 Å². The van der Waals surface area contributed by atoms with Crippen molar-refractivity contribution in [2.45, 2.75) is 17.8 Å². The highest BCUT2D eigenvalue weighted by atomic mass is 32.2. The number of aryl methyl sites for hydroxylation is 1. The van der Waals surface area contributed by atoms with Crippen molar-refractivity contribution < 1.29 is 4.39 Å². The highest BCUT2D eigenvalue weighted by Crippen LogP contribution is 2.25. The molecule has 0 N–H and O–H groups in total. The van der Waals surface area contributed by atoms with Crippen LogP contribution in [0.4, 0.5) is 4.39 Å². The molecule has 5 aromatic rings.